The third kappa shape index (κ3) is 4.56. The van der Waals surface area contributed by atoms with Crippen molar-refractivity contribution in [3.8, 4) is 0 Å². The molecule has 0 aliphatic carbocycles. The van der Waals surface area contributed by atoms with Crippen LogP contribution in [0.5, 0.6) is 0 Å². The van der Waals surface area contributed by atoms with Crippen molar-refractivity contribution >= 4 is 17.7 Å². The fourth-order valence-electron chi connectivity index (χ4n) is 2.73. The molecule has 0 spiro atoms. The van der Waals surface area contributed by atoms with Crippen LogP contribution in [0.4, 0.5) is 0 Å². The average molecular weight is 331 g/mol. The molecule has 1 saturated heterocycles. The third-order valence-electron chi connectivity index (χ3n) is 3.97. The van der Waals surface area contributed by atoms with Gasteiger partial charge in [0.1, 0.15) is 5.03 Å². The molecule has 1 aliphatic rings. The molecule has 1 amide bonds. The Bertz CT molecular complexity index is 608. The highest BCUT2D eigenvalue weighted by Gasteiger charge is 2.15. The molecule has 1 aliphatic heterocycles. The van der Waals surface area contributed by atoms with Gasteiger partial charge >= 0.3 is 0 Å². The summed E-state index contributed by atoms with van der Waals surface area (Å²) in [4.78, 5) is 12.1. The fraction of sp³-hybridized carbons (Fsp3) is 0.438. The predicted molar refractivity (Wildman–Crippen MR) is 90.7 cm³/mol. The molecule has 0 bridgehead atoms. The van der Waals surface area contributed by atoms with Crippen molar-refractivity contribution in [3.63, 3.8) is 0 Å². The Balaban J connectivity index is 1.45. The van der Waals surface area contributed by atoms with E-state index in [4.69, 9.17) is 0 Å². The Kier molecular flexibility index (Phi) is 5.65. The van der Waals surface area contributed by atoms with Crippen LogP contribution in [0.15, 0.2) is 35.5 Å². The summed E-state index contributed by atoms with van der Waals surface area (Å²) in [5.74, 6) is 1.31. The number of H-pyrrole nitrogens is 1. The Labute approximate surface area is 139 Å². The molecule has 0 unspecified atom stereocenters. The van der Waals surface area contributed by atoms with Gasteiger partial charge in [-0.05, 0) is 43.0 Å². The molecule has 1 aromatic heterocycles. The summed E-state index contributed by atoms with van der Waals surface area (Å²) < 4.78 is 0. The SMILES string of the molecule is O=C(NCCSc1cn[nH]n1)c1ccc([C@H]2CCCNC2)cc1. The lowest BCUT2D eigenvalue weighted by Crippen LogP contribution is -2.28. The van der Waals surface area contributed by atoms with Crippen LogP contribution in [0.3, 0.4) is 0 Å². The second kappa shape index (κ2) is 8.12. The Morgan fingerprint density at radius 2 is 2.22 bits per heavy atom. The summed E-state index contributed by atoms with van der Waals surface area (Å²) in [6, 6.07) is 8.00. The first-order chi connectivity index (χ1) is 11.3. The smallest absolute Gasteiger partial charge is 0.251 e. The van der Waals surface area contributed by atoms with Gasteiger partial charge in [0.15, 0.2) is 0 Å². The summed E-state index contributed by atoms with van der Waals surface area (Å²) in [7, 11) is 0. The molecule has 0 radical (unpaired) electrons. The number of carbonyl (C=O) groups excluding carboxylic acids is 1. The molecule has 122 valence electrons. The van der Waals surface area contributed by atoms with Crippen molar-refractivity contribution in [2.75, 3.05) is 25.4 Å². The number of rotatable bonds is 6. The number of aromatic amines is 1. The monoisotopic (exact) mass is 331 g/mol. The molecule has 0 saturated carbocycles. The lowest BCUT2D eigenvalue weighted by atomic mass is 9.91. The second-order valence-corrected chi connectivity index (χ2v) is 6.69. The number of nitrogens with one attached hydrogen (secondary N) is 3. The minimum atomic E-state index is -0.0286. The number of carbonyl (C=O) groups is 1. The van der Waals surface area contributed by atoms with Crippen molar-refractivity contribution in [2.45, 2.75) is 23.8 Å². The predicted octanol–water partition coefficient (Wildman–Crippen LogP) is 1.79. The van der Waals surface area contributed by atoms with E-state index >= 15 is 0 Å². The molecular formula is C16H21N5OS. The largest absolute Gasteiger partial charge is 0.351 e. The second-order valence-electron chi connectivity index (χ2n) is 5.58. The lowest BCUT2D eigenvalue weighted by molar-refractivity contribution is 0.0956. The minimum Gasteiger partial charge on any atom is -0.351 e. The van der Waals surface area contributed by atoms with Gasteiger partial charge in [0.05, 0.1) is 6.20 Å². The molecule has 7 heteroatoms. The molecule has 3 rings (SSSR count). The molecule has 6 nitrogen and oxygen atoms in total. The highest BCUT2D eigenvalue weighted by atomic mass is 32.2. The van der Waals surface area contributed by atoms with Gasteiger partial charge in [0, 0.05) is 24.4 Å². The summed E-state index contributed by atoms with van der Waals surface area (Å²) in [5.41, 5.74) is 2.03. The first kappa shape index (κ1) is 16.0. The average Bonchev–Trinajstić information content (AvgIpc) is 3.13. The molecule has 1 fully saturated rings. The summed E-state index contributed by atoms with van der Waals surface area (Å²) >= 11 is 1.56. The number of hydrogen-bond acceptors (Lipinski definition) is 5. The molecular weight excluding hydrogens is 310 g/mol. The van der Waals surface area contributed by atoms with Gasteiger partial charge < -0.3 is 10.6 Å². The first-order valence-electron chi connectivity index (χ1n) is 7.90. The fourth-order valence-corrected chi connectivity index (χ4v) is 3.37. The quantitative estimate of drug-likeness (QED) is 0.555. The minimum absolute atomic E-state index is 0.0286. The Hall–Kier alpha value is -1.86. The lowest BCUT2D eigenvalue weighted by Gasteiger charge is -2.23. The maximum atomic E-state index is 12.1. The van der Waals surface area contributed by atoms with Crippen LogP contribution < -0.4 is 10.6 Å². The number of hydrogen-bond donors (Lipinski definition) is 3. The van der Waals surface area contributed by atoms with Crippen molar-refractivity contribution in [2.24, 2.45) is 0 Å². The summed E-state index contributed by atoms with van der Waals surface area (Å²) in [6.45, 7) is 2.75. The number of benzene rings is 1. The molecule has 23 heavy (non-hydrogen) atoms. The maximum absolute atomic E-state index is 12.1. The summed E-state index contributed by atoms with van der Waals surface area (Å²) in [5, 5.41) is 17.5. The number of nitrogens with zero attached hydrogens (tertiary/aromatic N) is 2. The van der Waals surface area contributed by atoms with E-state index in [0.717, 1.165) is 23.9 Å². The standard InChI is InChI=1S/C16H21N5OS/c22-16(18-8-9-23-15-11-19-21-20-15)13-5-3-12(4-6-13)14-2-1-7-17-10-14/h3-6,11,14,17H,1-2,7-10H2,(H,18,22)(H,19,20,21)/t14-/m0/s1. The molecule has 3 N–H and O–H groups in total. The van der Waals surface area contributed by atoms with Crippen LogP contribution in [0.2, 0.25) is 0 Å². The van der Waals surface area contributed by atoms with Crippen LogP contribution in [0.25, 0.3) is 0 Å². The van der Waals surface area contributed by atoms with Gasteiger partial charge in [-0.25, -0.2) is 0 Å². The number of thioether (sulfide) groups is 1. The van der Waals surface area contributed by atoms with Gasteiger partial charge in [-0.2, -0.15) is 10.3 Å². The number of amides is 1. The van der Waals surface area contributed by atoms with E-state index in [1.165, 1.54) is 18.4 Å². The van der Waals surface area contributed by atoms with E-state index in [1.807, 2.05) is 12.1 Å². The van der Waals surface area contributed by atoms with E-state index in [1.54, 1.807) is 18.0 Å². The zero-order valence-electron chi connectivity index (χ0n) is 12.9. The van der Waals surface area contributed by atoms with E-state index in [-0.39, 0.29) is 5.91 Å². The Morgan fingerprint density at radius 3 is 2.91 bits per heavy atom. The maximum Gasteiger partial charge on any atom is 0.251 e. The van der Waals surface area contributed by atoms with E-state index in [2.05, 4.69) is 38.2 Å². The highest BCUT2D eigenvalue weighted by Crippen LogP contribution is 2.23. The zero-order chi connectivity index (χ0) is 15.9. The zero-order valence-corrected chi connectivity index (χ0v) is 13.7. The molecule has 1 aromatic carbocycles. The molecule has 2 heterocycles. The highest BCUT2D eigenvalue weighted by molar-refractivity contribution is 7.99. The van der Waals surface area contributed by atoms with E-state index in [0.29, 0.717) is 18.0 Å². The molecule has 1 atom stereocenters. The van der Waals surface area contributed by atoms with Crippen LogP contribution in [0, 0.1) is 0 Å². The number of piperidine rings is 1. The Morgan fingerprint density at radius 1 is 1.35 bits per heavy atom. The first-order valence-corrected chi connectivity index (χ1v) is 8.89. The van der Waals surface area contributed by atoms with Gasteiger partial charge in [-0.15, -0.1) is 16.9 Å². The molecule has 2 aromatic rings. The van der Waals surface area contributed by atoms with Crippen LogP contribution >= 0.6 is 11.8 Å². The van der Waals surface area contributed by atoms with Crippen LogP contribution in [-0.4, -0.2) is 46.7 Å². The van der Waals surface area contributed by atoms with Gasteiger partial charge in [-0.3, -0.25) is 4.79 Å². The normalized spacial score (nSPS) is 17.8. The third-order valence-corrected chi connectivity index (χ3v) is 4.87. The van der Waals surface area contributed by atoms with Crippen molar-refractivity contribution in [1.82, 2.24) is 26.0 Å². The summed E-state index contributed by atoms with van der Waals surface area (Å²) in [6.07, 6.45) is 4.11. The van der Waals surface area contributed by atoms with Crippen molar-refractivity contribution in [3.05, 3.63) is 41.6 Å². The van der Waals surface area contributed by atoms with Gasteiger partial charge in [0.25, 0.3) is 5.91 Å². The van der Waals surface area contributed by atoms with Crippen molar-refractivity contribution in [1.29, 1.82) is 0 Å². The van der Waals surface area contributed by atoms with Crippen LogP contribution in [-0.2, 0) is 0 Å². The van der Waals surface area contributed by atoms with Crippen LogP contribution in [0.1, 0.15) is 34.7 Å². The number of aromatic nitrogens is 3. The van der Waals surface area contributed by atoms with E-state index in [9.17, 15) is 4.79 Å². The van der Waals surface area contributed by atoms with E-state index < -0.39 is 0 Å². The van der Waals surface area contributed by atoms with Crippen molar-refractivity contribution < 1.29 is 4.79 Å². The topological polar surface area (TPSA) is 82.7 Å². The van der Waals surface area contributed by atoms with Gasteiger partial charge in [0.2, 0.25) is 0 Å². The van der Waals surface area contributed by atoms with Gasteiger partial charge in [-0.1, -0.05) is 12.1 Å².